The molecule has 102 valence electrons. The third kappa shape index (κ3) is 3.70. The zero-order chi connectivity index (χ0) is 14.4. The van der Waals surface area contributed by atoms with Crippen molar-refractivity contribution < 1.29 is 24.2 Å². The summed E-state index contributed by atoms with van der Waals surface area (Å²) in [6, 6.07) is 6.08. The number of hydrogen-bond acceptors (Lipinski definition) is 4. The van der Waals surface area contributed by atoms with Crippen LogP contribution >= 0.6 is 0 Å². The maximum atomic E-state index is 11.7. The summed E-state index contributed by atoms with van der Waals surface area (Å²) in [6.45, 7) is 0. The SMILES string of the molecule is COC(=O)N(C)C(=O)N[C@@H](C(=O)O)c1ccccc1. The fraction of sp³-hybridized carbons (Fsp3) is 0.250. The number of rotatable bonds is 3. The van der Waals surface area contributed by atoms with Crippen LogP contribution in [0.3, 0.4) is 0 Å². The van der Waals surface area contributed by atoms with E-state index >= 15 is 0 Å². The third-order valence-electron chi connectivity index (χ3n) is 2.40. The molecule has 7 heteroatoms. The Bertz CT molecular complexity index is 474. The first-order chi connectivity index (χ1) is 8.97. The Morgan fingerprint density at radius 2 is 1.84 bits per heavy atom. The van der Waals surface area contributed by atoms with Crippen LogP contribution in [0.4, 0.5) is 9.59 Å². The van der Waals surface area contributed by atoms with Gasteiger partial charge in [-0.15, -0.1) is 0 Å². The smallest absolute Gasteiger partial charge is 0.417 e. The van der Waals surface area contributed by atoms with Crippen molar-refractivity contribution in [1.82, 2.24) is 10.2 Å². The van der Waals surface area contributed by atoms with Crippen LogP contribution in [0.1, 0.15) is 11.6 Å². The summed E-state index contributed by atoms with van der Waals surface area (Å²) in [5.41, 5.74) is 0.404. The van der Waals surface area contributed by atoms with E-state index in [1.54, 1.807) is 30.3 Å². The first-order valence-corrected chi connectivity index (χ1v) is 5.37. The molecular formula is C12H14N2O5. The zero-order valence-corrected chi connectivity index (χ0v) is 10.5. The van der Waals surface area contributed by atoms with Crippen LogP contribution in [0.5, 0.6) is 0 Å². The molecule has 7 nitrogen and oxygen atoms in total. The molecule has 0 heterocycles. The standard InChI is InChI=1S/C12H14N2O5/c1-14(12(18)19-2)11(17)13-9(10(15)16)8-6-4-3-5-7-8/h3-7,9H,1-2H3,(H,13,17)(H,15,16)/t9-/m1/s1. The Balaban J connectivity index is 2.84. The summed E-state index contributed by atoms with van der Waals surface area (Å²) in [7, 11) is 2.31. The van der Waals surface area contributed by atoms with Crippen LogP contribution in [-0.2, 0) is 9.53 Å². The monoisotopic (exact) mass is 266 g/mol. The highest BCUT2D eigenvalue weighted by Gasteiger charge is 2.25. The van der Waals surface area contributed by atoms with Gasteiger partial charge in [-0.05, 0) is 5.56 Å². The van der Waals surface area contributed by atoms with Crippen LogP contribution in [0.25, 0.3) is 0 Å². The van der Waals surface area contributed by atoms with Crippen molar-refractivity contribution in [1.29, 1.82) is 0 Å². The van der Waals surface area contributed by atoms with Gasteiger partial charge < -0.3 is 15.2 Å². The number of methoxy groups -OCH3 is 1. The van der Waals surface area contributed by atoms with Crippen molar-refractivity contribution in [2.24, 2.45) is 0 Å². The lowest BCUT2D eigenvalue weighted by molar-refractivity contribution is -0.139. The zero-order valence-electron chi connectivity index (χ0n) is 10.5. The number of nitrogens with zero attached hydrogens (tertiary/aromatic N) is 1. The summed E-state index contributed by atoms with van der Waals surface area (Å²) in [5.74, 6) is -1.22. The summed E-state index contributed by atoms with van der Waals surface area (Å²) in [6.07, 6.45) is -0.880. The molecule has 0 fully saturated rings. The minimum atomic E-state index is -1.24. The van der Waals surface area contributed by atoms with Gasteiger partial charge in [0.05, 0.1) is 7.11 Å². The summed E-state index contributed by atoms with van der Waals surface area (Å²) in [5, 5.41) is 11.3. The molecule has 19 heavy (non-hydrogen) atoms. The number of carboxylic acid groups (broad SMARTS) is 1. The molecule has 0 saturated heterocycles. The highest BCUT2D eigenvalue weighted by Crippen LogP contribution is 2.13. The van der Waals surface area contributed by atoms with Gasteiger partial charge in [0, 0.05) is 7.05 Å². The minimum Gasteiger partial charge on any atom is -0.479 e. The Hall–Kier alpha value is -2.57. The summed E-state index contributed by atoms with van der Waals surface area (Å²) in [4.78, 5) is 34.6. The van der Waals surface area contributed by atoms with Crippen LogP contribution in [0, 0.1) is 0 Å². The van der Waals surface area contributed by atoms with Gasteiger partial charge in [0.25, 0.3) is 0 Å². The fourth-order valence-electron chi connectivity index (χ4n) is 1.37. The molecule has 1 rings (SSSR count). The Labute approximate surface area is 109 Å². The lowest BCUT2D eigenvalue weighted by Gasteiger charge is -2.19. The van der Waals surface area contributed by atoms with Gasteiger partial charge in [0.1, 0.15) is 0 Å². The van der Waals surface area contributed by atoms with Crippen molar-refractivity contribution in [2.45, 2.75) is 6.04 Å². The maximum absolute atomic E-state index is 11.7. The van der Waals surface area contributed by atoms with E-state index in [2.05, 4.69) is 10.1 Å². The Kier molecular flexibility index (Phi) is 4.87. The molecule has 3 amide bonds. The van der Waals surface area contributed by atoms with E-state index in [-0.39, 0.29) is 0 Å². The van der Waals surface area contributed by atoms with Crippen LogP contribution < -0.4 is 5.32 Å². The van der Waals surface area contributed by atoms with Gasteiger partial charge >= 0.3 is 18.1 Å². The molecule has 0 unspecified atom stereocenters. The first-order valence-electron chi connectivity index (χ1n) is 5.37. The van der Waals surface area contributed by atoms with E-state index < -0.39 is 24.1 Å². The second kappa shape index (κ2) is 6.39. The molecule has 0 aliphatic heterocycles. The predicted molar refractivity (Wildman–Crippen MR) is 65.5 cm³/mol. The number of urea groups is 1. The summed E-state index contributed by atoms with van der Waals surface area (Å²) >= 11 is 0. The molecule has 0 spiro atoms. The van der Waals surface area contributed by atoms with Gasteiger partial charge in [0.15, 0.2) is 6.04 Å². The van der Waals surface area contributed by atoms with Crippen molar-refractivity contribution in [3.63, 3.8) is 0 Å². The van der Waals surface area contributed by atoms with Crippen LogP contribution in [0.2, 0.25) is 0 Å². The number of carboxylic acids is 1. The van der Waals surface area contributed by atoms with Gasteiger partial charge in [-0.3, -0.25) is 0 Å². The van der Waals surface area contributed by atoms with Crippen LogP contribution in [-0.4, -0.2) is 42.3 Å². The van der Waals surface area contributed by atoms with Crippen molar-refractivity contribution in [3.05, 3.63) is 35.9 Å². The normalized spacial score (nSPS) is 11.3. The van der Waals surface area contributed by atoms with E-state index in [4.69, 9.17) is 5.11 Å². The lowest BCUT2D eigenvalue weighted by atomic mass is 10.1. The third-order valence-corrected chi connectivity index (χ3v) is 2.40. The molecule has 0 saturated carbocycles. The molecule has 2 N–H and O–H groups in total. The number of benzene rings is 1. The molecule has 1 aromatic rings. The van der Waals surface area contributed by atoms with E-state index in [9.17, 15) is 14.4 Å². The van der Waals surface area contributed by atoms with Gasteiger partial charge in [-0.1, -0.05) is 30.3 Å². The topological polar surface area (TPSA) is 95.9 Å². The number of hydrogen-bond donors (Lipinski definition) is 2. The van der Waals surface area contributed by atoms with Crippen LogP contribution in [0.15, 0.2) is 30.3 Å². The molecule has 0 aliphatic rings. The number of amides is 3. The van der Waals surface area contributed by atoms with Gasteiger partial charge in [-0.25, -0.2) is 19.3 Å². The molecule has 1 atom stereocenters. The molecular weight excluding hydrogens is 252 g/mol. The largest absolute Gasteiger partial charge is 0.479 e. The van der Waals surface area contributed by atoms with Crippen molar-refractivity contribution >= 4 is 18.1 Å². The highest BCUT2D eigenvalue weighted by molar-refractivity contribution is 5.92. The average Bonchev–Trinajstić information content (AvgIpc) is 2.43. The maximum Gasteiger partial charge on any atom is 0.417 e. The molecule has 0 bridgehead atoms. The van der Waals surface area contributed by atoms with Crippen molar-refractivity contribution in [2.75, 3.05) is 14.2 Å². The Morgan fingerprint density at radius 3 is 2.32 bits per heavy atom. The van der Waals surface area contributed by atoms with Crippen molar-refractivity contribution in [3.8, 4) is 0 Å². The lowest BCUT2D eigenvalue weighted by Crippen LogP contribution is -2.44. The fourth-order valence-corrected chi connectivity index (χ4v) is 1.37. The second-order valence-electron chi connectivity index (χ2n) is 3.66. The highest BCUT2D eigenvalue weighted by atomic mass is 16.5. The first kappa shape index (κ1) is 14.5. The summed E-state index contributed by atoms with van der Waals surface area (Å²) < 4.78 is 4.36. The number of imide groups is 1. The molecule has 0 aromatic heterocycles. The Morgan fingerprint density at radius 1 is 1.26 bits per heavy atom. The predicted octanol–water partition coefficient (Wildman–Crippen LogP) is 1.22. The van der Waals surface area contributed by atoms with E-state index in [0.717, 1.165) is 7.11 Å². The van der Waals surface area contributed by atoms with E-state index in [1.165, 1.54) is 7.05 Å². The number of ether oxygens (including phenoxy) is 1. The van der Waals surface area contributed by atoms with Gasteiger partial charge in [0.2, 0.25) is 0 Å². The number of aliphatic carboxylic acids is 1. The second-order valence-corrected chi connectivity index (χ2v) is 3.66. The number of carbonyl (C=O) groups is 3. The molecule has 0 aliphatic carbocycles. The van der Waals surface area contributed by atoms with E-state index in [1.807, 2.05) is 0 Å². The molecule has 1 aromatic carbocycles. The quantitative estimate of drug-likeness (QED) is 0.857. The minimum absolute atomic E-state index is 0.404. The number of carbonyl (C=O) groups excluding carboxylic acids is 2. The van der Waals surface area contributed by atoms with Gasteiger partial charge in [-0.2, -0.15) is 0 Å². The average molecular weight is 266 g/mol. The molecule has 0 radical (unpaired) electrons. The van der Waals surface area contributed by atoms with E-state index in [0.29, 0.717) is 10.5 Å². The number of nitrogens with one attached hydrogen (secondary N) is 1.